The molecule has 10 aromatic rings. The molecule has 0 aliphatic heterocycles. The highest BCUT2D eigenvalue weighted by atomic mass is 32.1. The van der Waals surface area contributed by atoms with Crippen LogP contribution in [0.2, 0.25) is 0 Å². The third kappa shape index (κ3) is 5.20. The molecule has 0 N–H and O–H groups in total. The Morgan fingerprint density at radius 1 is 0.314 bits per heavy atom. The van der Waals surface area contributed by atoms with Crippen LogP contribution >= 0.6 is 11.3 Å². The predicted molar refractivity (Wildman–Crippen MR) is 219 cm³/mol. The first-order valence-corrected chi connectivity index (χ1v) is 18.2. The SMILES string of the molecule is c1ccc(-c2nc3ccc(-c4ccc5c(-c6ccc(-c7ccc8ccccc8c7)cc6)c6ccccc6c(-c6ccccc6)c5c4)cc3s2)cc1. The number of aromatic nitrogens is 1. The van der Waals surface area contributed by atoms with E-state index in [1.54, 1.807) is 11.3 Å². The molecule has 238 valence electrons. The smallest absolute Gasteiger partial charge is 0.124 e. The van der Waals surface area contributed by atoms with E-state index in [9.17, 15) is 0 Å². The molecule has 0 unspecified atom stereocenters. The molecule has 9 aromatic carbocycles. The summed E-state index contributed by atoms with van der Waals surface area (Å²) < 4.78 is 1.19. The van der Waals surface area contributed by atoms with E-state index in [-0.39, 0.29) is 0 Å². The second-order valence-corrected chi connectivity index (χ2v) is 14.2. The molecule has 0 atom stereocenters. The van der Waals surface area contributed by atoms with Crippen molar-refractivity contribution in [2.24, 2.45) is 0 Å². The Kier molecular flexibility index (Phi) is 7.07. The van der Waals surface area contributed by atoms with Crippen LogP contribution in [-0.2, 0) is 0 Å². The third-order valence-electron chi connectivity index (χ3n) is 10.1. The lowest BCUT2D eigenvalue weighted by molar-refractivity contribution is 1.48. The van der Waals surface area contributed by atoms with Crippen molar-refractivity contribution in [1.82, 2.24) is 4.98 Å². The molecule has 10 rings (SSSR count). The van der Waals surface area contributed by atoms with Gasteiger partial charge in [-0.15, -0.1) is 11.3 Å². The van der Waals surface area contributed by atoms with Crippen LogP contribution in [0.1, 0.15) is 0 Å². The van der Waals surface area contributed by atoms with Crippen LogP contribution in [0.25, 0.3) is 97.6 Å². The normalized spacial score (nSPS) is 11.5. The Bertz CT molecular complexity index is 2890. The van der Waals surface area contributed by atoms with E-state index < -0.39 is 0 Å². The Balaban J connectivity index is 1.15. The first kappa shape index (κ1) is 29.6. The highest BCUT2D eigenvalue weighted by Crippen LogP contribution is 2.45. The Hall–Kier alpha value is -6.35. The van der Waals surface area contributed by atoms with Gasteiger partial charge in [-0.05, 0) is 101 Å². The molecular weight excluding hydrogens is 635 g/mol. The fraction of sp³-hybridized carbons (Fsp3) is 0. The highest BCUT2D eigenvalue weighted by molar-refractivity contribution is 7.21. The van der Waals surface area contributed by atoms with Crippen molar-refractivity contribution >= 4 is 53.9 Å². The van der Waals surface area contributed by atoms with Crippen LogP contribution in [0.5, 0.6) is 0 Å². The summed E-state index contributed by atoms with van der Waals surface area (Å²) in [6.07, 6.45) is 0. The lowest BCUT2D eigenvalue weighted by atomic mass is 9.84. The van der Waals surface area contributed by atoms with Gasteiger partial charge in [0, 0.05) is 5.56 Å². The molecule has 0 amide bonds. The molecule has 0 bridgehead atoms. The average molecular weight is 666 g/mol. The number of nitrogens with zero attached hydrogens (tertiary/aromatic N) is 1. The van der Waals surface area contributed by atoms with Crippen molar-refractivity contribution in [3.05, 3.63) is 188 Å². The van der Waals surface area contributed by atoms with E-state index in [0.717, 1.165) is 16.1 Å². The number of hydrogen-bond acceptors (Lipinski definition) is 2. The third-order valence-corrected chi connectivity index (χ3v) is 11.2. The lowest BCUT2D eigenvalue weighted by Gasteiger charge is -2.19. The monoisotopic (exact) mass is 665 g/mol. The van der Waals surface area contributed by atoms with Gasteiger partial charge >= 0.3 is 0 Å². The van der Waals surface area contributed by atoms with E-state index in [2.05, 4.69) is 182 Å². The molecule has 0 fully saturated rings. The summed E-state index contributed by atoms with van der Waals surface area (Å²) in [5, 5.41) is 8.59. The Labute approximate surface area is 300 Å². The molecule has 2 heteroatoms. The number of fused-ring (bicyclic) bond motifs is 4. The highest BCUT2D eigenvalue weighted by Gasteiger charge is 2.18. The van der Waals surface area contributed by atoms with E-state index >= 15 is 0 Å². The predicted octanol–water partition coefficient (Wildman–Crippen LogP) is 14.1. The summed E-state index contributed by atoms with van der Waals surface area (Å²) in [5.74, 6) is 0. The largest absolute Gasteiger partial charge is 0.236 e. The van der Waals surface area contributed by atoms with Gasteiger partial charge in [0.15, 0.2) is 0 Å². The minimum atomic E-state index is 1.04. The molecule has 0 radical (unpaired) electrons. The zero-order chi connectivity index (χ0) is 33.7. The molecule has 0 aliphatic carbocycles. The standard InChI is InChI=1S/C49H31NS/c1-3-12-34(13-4-1)48-42-18-10-9-17-41(42)47(35-22-19-33(20-23-35)38-24-21-32-11-7-8-16-37(32)29-38)43-27-25-39(30-44(43)48)40-26-28-45-46(31-40)51-49(50-45)36-14-5-2-6-15-36/h1-31H. The van der Waals surface area contributed by atoms with Crippen LogP contribution in [0.4, 0.5) is 0 Å². The number of hydrogen-bond donors (Lipinski definition) is 0. The fourth-order valence-corrected chi connectivity index (χ4v) is 8.60. The quantitative estimate of drug-likeness (QED) is 0.167. The first-order chi connectivity index (χ1) is 25.3. The van der Waals surface area contributed by atoms with Crippen molar-refractivity contribution < 1.29 is 0 Å². The van der Waals surface area contributed by atoms with E-state index in [1.807, 2.05) is 6.07 Å². The maximum absolute atomic E-state index is 4.96. The molecule has 1 nitrogen and oxygen atoms in total. The maximum Gasteiger partial charge on any atom is 0.124 e. The van der Waals surface area contributed by atoms with Gasteiger partial charge in [-0.3, -0.25) is 0 Å². The van der Waals surface area contributed by atoms with Crippen LogP contribution < -0.4 is 0 Å². The molecule has 0 spiro atoms. The molecule has 0 saturated heterocycles. The maximum atomic E-state index is 4.96. The number of benzene rings is 9. The molecule has 51 heavy (non-hydrogen) atoms. The van der Waals surface area contributed by atoms with Crippen LogP contribution in [0.3, 0.4) is 0 Å². The van der Waals surface area contributed by atoms with Gasteiger partial charge in [0.1, 0.15) is 5.01 Å². The van der Waals surface area contributed by atoms with Crippen molar-refractivity contribution in [2.45, 2.75) is 0 Å². The summed E-state index contributed by atoms with van der Waals surface area (Å²) >= 11 is 1.75. The Morgan fingerprint density at radius 3 is 1.59 bits per heavy atom. The van der Waals surface area contributed by atoms with Gasteiger partial charge < -0.3 is 0 Å². The zero-order valence-corrected chi connectivity index (χ0v) is 28.6. The summed E-state index contributed by atoms with van der Waals surface area (Å²) in [6, 6.07) is 68.3. The number of thiazole rings is 1. The lowest BCUT2D eigenvalue weighted by Crippen LogP contribution is -1.92. The first-order valence-electron chi connectivity index (χ1n) is 17.4. The van der Waals surface area contributed by atoms with Crippen molar-refractivity contribution in [2.75, 3.05) is 0 Å². The van der Waals surface area contributed by atoms with Crippen molar-refractivity contribution in [3.8, 4) is 55.1 Å². The van der Waals surface area contributed by atoms with E-state index in [1.165, 1.54) is 81.5 Å². The van der Waals surface area contributed by atoms with Gasteiger partial charge in [0.2, 0.25) is 0 Å². The number of rotatable bonds is 5. The van der Waals surface area contributed by atoms with Gasteiger partial charge in [0.05, 0.1) is 10.2 Å². The summed E-state index contributed by atoms with van der Waals surface area (Å²) in [5.41, 5.74) is 12.0. The van der Waals surface area contributed by atoms with Crippen molar-refractivity contribution in [3.63, 3.8) is 0 Å². The second-order valence-electron chi connectivity index (χ2n) is 13.1. The van der Waals surface area contributed by atoms with Crippen LogP contribution in [0, 0.1) is 0 Å². The van der Waals surface area contributed by atoms with Crippen molar-refractivity contribution in [1.29, 1.82) is 0 Å². The minimum absolute atomic E-state index is 1.04. The van der Waals surface area contributed by atoms with Gasteiger partial charge in [-0.25, -0.2) is 4.98 Å². The van der Waals surface area contributed by atoms with Crippen LogP contribution in [-0.4, -0.2) is 4.98 Å². The average Bonchev–Trinajstić information content (AvgIpc) is 3.64. The molecule has 0 aliphatic rings. The van der Waals surface area contributed by atoms with Gasteiger partial charge in [-0.1, -0.05) is 164 Å². The zero-order valence-electron chi connectivity index (χ0n) is 27.8. The van der Waals surface area contributed by atoms with Gasteiger partial charge in [-0.2, -0.15) is 0 Å². The second kappa shape index (κ2) is 12.2. The van der Waals surface area contributed by atoms with E-state index in [4.69, 9.17) is 4.98 Å². The topological polar surface area (TPSA) is 12.9 Å². The van der Waals surface area contributed by atoms with E-state index in [0.29, 0.717) is 0 Å². The summed E-state index contributed by atoms with van der Waals surface area (Å²) in [6.45, 7) is 0. The minimum Gasteiger partial charge on any atom is -0.236 e. The molecule has 1 aromatic heterocycles. The molecule has 1 heterocycles. The molecular formula is C49H31NS. The summed E-state index contributed by atoms with van der Waals surface area (Å²) in [7, 11) is 0. The van der Waals surface area contributed by atoms with Gasteiger partial charge in [0.25, 0.3) is 0 Å². The molecule has 0 saturated carbocycles. The summed E-state index contributed by atoms with van der Waals surface area (Å²) in [4.78, 5) is 4.96. The van der Waals surface area contributed by atoms with Crippen LogP contribution in [0.15, 0.2) is 188 Å². The Morgan fingerprint density at radius 2 is 0.824 bits per heavy atom. The fourth-order valence-electron chi connectivity index (χ4n) is 7.59.